The smallest absolute Gasteiger partial charge is 0.310 e. The van der Waals surface area contributed by atoms with Gasteiger partial charge in [-0.05, 0) is 17.2 Å². The monoisotopic (exact) mass is 423 g/mol. The molecule has 9 heteroatoms. The first-order valence-electron chi connectivity index (χ1n) is 9.68. The second-order valence-electron chi connectivity index (χ2n) is 6.88. The van der Waals surface area contributed by atoms with E-state index in [1.54, 1.807) is 24.3 Å². The number of nitrogen functional groups attached to an aromatic ring is 2. The van der Waals surface area contributed by atoms with Crippen LogP contribution >= 0.6 is 0 Å². The molecule has 0 saturated carbocycles. The molecule has 3 aromatic rings. The van der Waals surface area contributed by atoms with Crippen molar-refractivity contribution in [3.63, 3.8) is 0 Å². The van der Waals surface area contributed by atoms with E-state index in [0.717, 1.165) is 27.7 Å². The number of H-pyrrole nitrogens is 1. The molecule has 0 aliphatic carbocycles. The molecule has 0 spiro atoms. The maximum absolute atomic E-state index is 12.4. The number of ether oxygens (including phenoxy) is 2. The van der Waals surface area contributed by atoms with Crippen LogP contribution in [0.15, 0.2) is 42.5 Å². The van der Waals surface area contributed by atoms with Crippen molar-refractivity contribution in [3.05, 3.63) is 59.2 Å². The summed E-state index contributed by atoms with van der Waals surface area (Å²) < 4.78 is 10.4. The van der Waals surface area contributed by atoms with Gasteiger partial charge in [-0.1, -0.05) is 36.4 Å². The van der Waals surface area contributed by atoms with E-state index in [0.29, 0.717) is 11.1 Å². The Labute approximate surface area is 179 Å². The number of fused-ring (bicyclic) bond motifs is 1. The van der Waals surface area contributed by atoms with E-state index in [1.165, 1.54) is 0 Å². The molecule has 0 amide bonds. The molecule has 31 heavy (non-hydrogen) atoms. The third kappa shape index (κ3) is 5.27. The van der Waals surface area contributed by atoms with Crippen molar-refractivity contribution in [1.29, 1.82) is 10.8 Å². The van der Waals surface area contributed by atoms with Gasteiger partial charge in [0.25, 0.3) is 0 Å². The SMILES string of the molecule is N=C(N)c1ccc(-c2[nH]c3cc(C(=N)N)ccc3c2CC(=O)OCCOCCO)cc1. The van der Waals surface area contributed by atoms with E-state index >= 15 is 0 Å². The first kappa shape index (κ1) is 22.0. The maximum atomic E-state index is 12.4. The van der Waals surface area contributed by atoms with Gasteiger partial charge in [0.15, 0.2) is 0 Å². The first-order valence-corrected chi connectivity index (χ1v) is 9.68. The number of benzene rings is 2. The molecule has 0 aliphatic heterocycles. The fourth-order valence-corrected chi connectivity index (χ4v) is 3.25. The molecule has 0 aliphatic rings. The Hall–Kier alpha value is -3.69. The van der Waals surface area contributed by atoms with Crippen LogP contribution in [-0.4, -0.2) is 54.2 Å². The summed E-state index contributed by atoms with van der Waals surface area (Å²) >= 11 is 0. The number of esters is 1. The van der Waals surface area contributed by atoms with E-state index in [-0.39, 0.29) is 44.5 Å². The topological polar surface area (TPSA) is 171 Å². The molecule has 1 heterocycles. The summed E-state index contributed by atoms with van der Waals surface area (Å²) in [4.78, 5) is 15.8. The fraction of sp³-hybridized carbons (Fsp3) is 0.227. The molecule has 8 N–H and O–H groups in total. The van der Waals surface area contributed by atoms with Crippen LogP contribution in [0.3, 0.4) is 0 Å². The van der Waals surface area contributed by atoms with Crippen LogP contribution < -0.4 is 11.5 Å². The number of rotatable bonds is 10. The van der Waals surface area contributed by atoms with Crippen molar-refractivity contribution in [2.45, 2.75) is 6.42 Å². The minimum Gasteiger partial charge on any atom is -0.463 e. The van der Waals surface area contributed by atoms with E-state index in [2.05, 4.69) is 4.98 Å². The molecule has 2 aromatic carbocycles. The Balaban J connectivity index is 1.92. The van der Waals surface area contributed by atoms with Crippen molar-refractivity contribution < 1.29 is 19.4 Å². The predicted molar refractivity (Wildman–Crippen MR) is 118 cm³/mol. The summed E-state index contributed by atoms with van der Waals surface area (Å²) in [5, 5.41) is 24.8. The number of carbonyl (C=O) groups excluding carboxylic acids is 1. The molecule has 0 saturated heterocycles. The average Bonchev–Trinajstić information content (AvgIpc) is 3.11. The lowest BCUT2D eigenvalue weighted by molar-refractivity contribution is -0.144. The molecule has 9 nitrogen and oxygen atoms in total. The molecule has 1 aromatic heterocycles. The van der Waals surface area contributed by atoms with Gasteiger partial charge in [-0.15, -0.1) is 0 Å². The lowest BCUT2D eigenvalue weighted by Crippen LogP contribution is -2.14. The maximum Gasteiger partial charge on any atom is 0.310 e. The number of aromatic amines is 1. The standard InChI is InChI=1S/C22H25N5O4/c23-21(24)14-3-1-13(2-4-14)20-17(12-19(29)31-10-9-30-8-7-28)16-6-5-15(22(25)26)11-18(16)27-20/h1-6,11,27-28H,7-10,12H2,(H3,23,24)(H3,25,26). The second kappa shape index (κ2) is 9.88. The van der Waals surface area contributed by atoms with Gasteiger partial charge in [0.1, 0.15) is 18.3 Å². The summed E-state index contributed by atoms with van der Waals surface area (Å²) in [5.74, 6) is -0.486. The number of nitrogens with one attached hydrogen (secondary N) is 3. The number of hydrogen-bond acceptors (Lipinski definition) is 6. The number of aromatic nitrogens is 1. The Morgan fingerprint density at radius 2 is 1.65 bits per heavy atom. The van der Waals surface area contributed by atoms with Crippen molar-refractivity contribution >= 4 is 28.5 Å². The van der Waals surface area contributed by atoms with Crippen LogP contribution in [0.4, 0.5) is 0 Å². The normalized spacial score (nSPS) is 10.9. The van der Waals surface area contributed by atoms with Gasteiger partial charge in [-0.3, -0.25) is 15.6 Å². The first-order chi connectivity index (χ1) is 14.9. The van der Waals surface area contributed by atoms with E-state index in [1.807, 2.05) is 18.2 Å². The summed E-state index contributed by atoms with van der Waals surface area (Å²) in [6, 6.07) is 12.5. The summed E-state index contributed by atoms with van der Waals surface area (Å²) in [5.41, 5.74) is 15.4. The largest absolute Gasteiger partial charge is 0.463 e. The number of hydrogen-bond donors (Lipinski definition) is 6. The van der Waals surface area contributed by atoms with E-state index in [4.69, 9.17) is 36.9 Å². The van der Waals surface area contributed by atoms with Crippen molar-refractivity contribution in [1.82, 2.24) is 4.98 Å². The Kier molecular flexibility index (Phi) is 7.01. The predicted octanol–water partition coefficient (Wildman–Crippen LogP) is 1.50. The number of carbonyl (C=O) groups is 1. The number of amidine groups is 2. The van der Waals surface area contributed by atoms with Crippen LogP contribution in [0.1, 0.15) is 16.7 Å². The van der Waals surface area contributed by atoms with Gasteiger partial charge in [0.2, 0.25) is 0 Å². The average molecular weight is 423 g/mol. The molecule has 3 rings (SSSR count). The zero-order valence-corrected chi connectivity index (χ0v) is 16.9. The summed E-state index contributed by atoms with van der Waals surface area (Å²) in [7, 11) is 0. The van der Waals surface area contributed by atoms with Crippen LogP contribution in [0.25, 0.3) is 22.2 Å². The van der Waals surface area contributed by atoms with Gasteiger partial charge in [-0.2, -0.15) is 0 Å². The molecule has 0 radical (unpaired) electrons. The third-order valence-corrected chi connectivity index (χ3v) is 4.75. The summed E-state index contributed by atoms with van der Waals surface area (Å²) in [6.45, 7) is 0.413. The number of aliphatic hydroxyl groups is 1. The van der Waals surface area contributed by atoms with Crippen molar-refractivity contribution in [2.75, 3.05) is 26.4 Å². The zero-order valence-electron chi connectivity index (χ0n) is 16.9. The summed E-state index contributed by atoms with van der Waals surface area (Å²) in [6.07, 6.45) is 0.0310. The Bertz CT molecular complexity index is 1110. The van der Waals surface area contributed by atoms with Gasteiger partial charge in [-0.25, -0.2) is 0 Å². The molecule has 162 valence electrons. The second-order valence-corrected chi connectivity index (χ2v) is 6.88. The zero-order chi connectivity index (χ0) is 22.4. The minimum atomic E-state index is -0.411. The minimum absolute atomic E-state index is 0.0264. The van der Waals surface area contributed by atoms with Crippen LogP contribution in [0.5, 0.6) is 0 Å². The lowest BCUT2D eigenvalue weighted by Gasteiger charge is -2.08. The molecular weight excluding hydrogens is 398 g/mol. The Morgan fingerprint density at radius 1 is 0.968 bits per heavy atom. The lowest BCUT2D eigenvalue weighted by atomic mass is 10.0. The Morgan fingerprint density at radius 3 is 2.29 bits per heavy atom. The van der Waals surface area contributed by atoms with E-state index < -0.39 is 5.97 Å². The third-order valence-electron chi connectivity index (χ3n) is 4.75. The van der Waals surface area contributed by atoms with E-state index in [9.17, 15) is 4.79 Å². The highest BCUT2D eigenvalue weighted by atomic mass is 16.6. The fourth-order valence-electron chi connectivity index (χ4n) is 3.25. The molecule has 0 fully saturated rings. The quantitative estimate of drug-likeness (QED) is 0.125. The molecular formula is C22H25N5O4. The van der Waals surface area contributed by atoms with Crippen LogP contribution in [0.2, 0.25) is 0 Å². The molecule has 0 bridgehead atoms. The highest BCUT2D eigenvalue weighted by molar-refractivity contribution is 6.01. The number of nitrogens with two attached hydrogens (primary N) is 2. The highest BCUT2D eigenvalue weighted by Gasteiger charge is 2.18. The van der Waals surface area contributed by atoms with Crippen LogP contribution in [0, 0.1) is 10.8 Å². The van der Waals surface area contributed by atoms with Crippen LogP contribution in [-0.2, 0) is 20.7 Å². The molecule has 0 unspecified atom stereocenters. The van der Waals surface area contributed by atoms with Gasteiger partial charge >= 0.3 is 5.97 Å². The molecule has 0 atom stereocenters. The van der Waals surface area contributed by atoms with Crippen molar-refractivity contribution in [3.8, 4) is 11.3 Å². The van der Waals surface area contributed by atoms with Gasteiger partial charge in [0.05, 0.1) is 31.9 Å². The van der Waals surface area contributed by atoms with Crippen molar-refractivity contribution in [2.24, 2.45) is 11.5 Å². The highest BCUT2D eigenvalue weighted by Crippen LogP contribution is 2.32. The van der Waals surface area contributed by atoms with Gasteiger partial charge in [0, 0.05) is 22.0 Å². The van der Waals surface area contributed by atoms with Gasteiger partial charge < -0.3 is 31.0 Å². The number of aliphatic hydroxyl groups excluding tert-OH is 1.